The minimum Gasteiger partial charge on any atom is -0.490 e. The van der Waals surface area contributed by atoms with E-state index in [0.29, 0.717) is 22.8 Å². The lowest BCUT2D eigenvalue weighted by Gasteiger charge is -2.20. The second kappa shape index (κ2) is 7.73. The zero-order chi connectivity index (χ0) is 15.2. The molecule has 1 aromatic carbocycles. The summed E-state index contributed by atoms with van der Waals surface area (Å²) in [5.41, 5.74) is 6.38. The van der Waals surface area contributed by atoms with Crippen LogP contribution in [0, 0.1) is 5.92 Å². The molecule has 0 saturated carbocycles. The molecule has 21 heavy (non-hydrogen) atoms. The summed E-state index contributed by atoms with van der Waals surface area (Å²) in [5.74, 6) is 1.41. The topological polar surface area (TPSA) is 58.7 Å². The third-order valence-corrected chi connectivity index (χ3v) is 4.22. The van der Waals surface area contributed by atoms with Gasteiger partial charge in [-0.25, -0.2) is 0 Å². The number of hydrogen-bond donors (Lipinski definition) is 2. The van der Waals surface area contributed by atoms with Crippen molar-refractivity contribution in [1.29, 1.82) is 0 Å². The predicted molar refractivity (Wildman–Crippen MR) is 88.7 cm³/mol. The fourth-order valence-corrected chi connectivity index (χ4v) is 2.91. The van der Waals surface area contributed by atoms with Crippen LogP contribution >= 0.6 is 12.2 Å². The van der Waals surface area contributed by atoms with Crippen LogP contribution < -0.4 is 10.5 Å². The van der Waals surface area contributed by atoms with Crippen molar-refractivity contribution in [3.8, 4) is 5.75 Å². The second-order valence-electron chi connectivity index (χ2n) is 5.65. The molecule has 2 atom stereocenters. The fraction of sp³-hybridized carbons (Fsp3) is 0.562. The number of aliphatic hydroxyl groups is 1. The zero-order valence-electron chi connectivity index (χ0n) is 12.5. The number of nitrogens with two attached hydrogens (primary N) is 1. The van der Waals surface area contributed by atoms with E-state index < -0.39 is 6.10 Å². The first kappa shape index (κ1) is 16.2. The van der Waals surface area contributed by atoms with Gasteiger partial charge in [-0.15, -0.1) is 0 Å². The number of β-amino-alcohol motifs (C(OH)–C–C–N with tert-alkyl or cyclic N) is 1. The number of ether oxygens (including phenoxy) is 1. The maximum atomic E-state index is 10.1. The van der Waals surface area contributed by atoms with Gasteiger partial charge in [-0.05, 0) is 31.0 Å². The van der Waals surface area contributed by atoms with Gasteiger partial charge in [0.25, 0.3) is 0 Å². The largest absolute Gasteiger partial charge is 0.490 e. The van der Waals surface area contributed by atoms with Crippen LogP contribution in [0.4, 0.5) is 0 Å². The summed E-state index contributed by atoms with van der Waals surface area (Å²) in [6.07, 6.45) is 1.94. The second-order valence-corrected chi connectivity index (χ2v) is 6.09. The van der Waals surface area contributed by atoms with E-state index in [-0.39, 0.29) is 6.61 Å². The van der Waals surface area contributed by atoms with Crippen LogP contribution in [0.3, 0.4) is 0 Å². The maximum absolute atomic E-state index is 10.1. The Labute approximate surface area is 131 Å². The Morgan fingerprint density at radius 3 is 2.95 bits per heavy atom. The number of nitrogens with zero attached hydrogens (tertiary/aromatic N) is 1. The molecule has 2 unspecified atom stereocenters. The van der Waals surface area contributed by atoms with E-state index in [1.807, 2.05) is 24.3 Å². The van der Waals surface area contributed by atoms with Gasteiger partial charge in [-0.3, -0.25) is 0 Å². The molecule has 5 heteroatoms. The van der Waals surface area contributed by atoms with E-state index in [1.165, 1.54) is 12.8 Å². The maximum Gasteiger partial charge on any atom is 0.129 e. The van der Waals surface area contributed by atoms with Crippen molar-refractivity contribution in [2.24, 2.45) is 11.7 Å². The Morgan fingerprint density at radius 2 is 2.29 bits per heavy atom. The van der Waals surface area contributed by atoms with E-state index in [1.54, 1.807) is 0 Å². The third-order valence-electron chi connectivity index (χ3n) is 4.00. The lowest BCUT2D eigenvalue weighted by atomic mass is 10.1. The first-order chi connectivity index (χ1) is 10.1. The molecule has 1 aliphatic heterocycles. The molecular weight excluding hydrogens is 284 g/mol. The summed E-state index contributed by atoms with van der Waals surface area (Å²) in [7, 11) is 0. The highest BCUT2D eigenvalue weighted by Crippen LogP contribution is 2.20. The summed E-state index contributed by atoms with van der Waals surface area (Å²) >= 11 is 5.00. The highest BCUT2D eigenvalue weighted by Gasteiger charge is 2.23. The fourth-order valence-electron chi connectivity index (χ4n) is 2.74. The van der Waals surface area contributed by atoms with Crippen molar-refractivity contribution in [3.63, 3.8) is 0 Å². The van der Waals surface area contributed by atoms with Gasteiger partial charge in [0, 0.05) is 13.1 Å². The number of thiocarbonyl (C=S) groups is 1. The minimum atomic E-state index is -0.500. The molecule has 0 spiro atoms. The zero-order valence-corrected chi connectivity index (χ0v) is 13.3. The molecule has 2 rings (SSSR count). The van der Waals surface area contributed by atoms with Gasteiger partial charge < -0.3 is 20.5 Å². The summed E-state index contributed by atoms with van der Waals surface area (Å²) in [6.45, 7) is 5.29. The van der Waals surface area contributed by atoms with Gasteiger partial charge in [0.2, 0.25) is 0 Å². The molecule has 1 aliphatic rings. The highest BCUT2D eigenvalue weighted by atomic mass is 32.1. The number of para-hydroxylation sites is 1. The Kier molecular flexibility index (Phi) is 5.96. The van der Waals surface area contributed by atoms with Gasteiger partial charge in [0.15, 0.2) is 0 Å². The van der Waals surface area contributed by atoms with Crippen molar-refractivity contribution in [3.05, 3.63) is 29.8 Å². The van der Waals surface area contributed by atoms with Crippen LogP contribution in [-0.2, 0) is 0 Å². The van der Waals surface area contributed by atoms with Crippen molar-refractivity contribution in [1.82, 2.24) is 4.90 Å². The van der Waals surface area contributed by atoms with Crippen LogP contribution in [0.2, 0.25) is 0 Å². The predicted octanol–water partition coefficient (Wildman–Crippen LogP) is 1.79. The van der Waals surface area contributed by atoms with Gasteiger partial charge in [0.1, 0.15) is 23.4 Å². The van der Waals surface area contributed by atoms with Crippen LogP contribution in [0.15, 0.2) is 24.3 Å². The van der Waals surface area contributed by atoms with Gasteiger partial charge in [-0.2, -0.15) is 0 Å². The van der Waals surface area contributed by atoms with E-state index in [2.05, 4.69) is 11.8 Å². The number of benzene rings is 1. The average Bonchev–Trinajstić information content (AvgIpc) is 2.93. The van der Waals surface area contributed by atoms with Crippen LogP contribution in [0.1, 0.15) is 25.3 Å². The number of hydrogen-bond acceptors (Lipinski definition) is 4. The lowest BCUT2D eigenvalue weighted by molar-refractivity contribution is 0.0746. The lowest BCUT2D eigenvalue weighted by Crippen LogP contribution is -2.34. The molecule has 1 aromatic rings. The average molecular weight is 308 g/mol. The van der Waals surface area contributed by atoms with Gasteiger partial charge in [-0.1, -0.05) is 37.7 Å². The molecule has 3 N–H and O–H groups in total. The normalized spacial score (nSPS) is 20.4. The molecule has 116 valence electrons. The molecule has 0 radical (unpaired) electrons. The standard InChI is InChI=1S/C16H24N2O2S/c1-2-12-7-8-18(9-12)10-13(19)11-20-15-6-4-3-5-14(15)16(17)21/h3-6,12-13,19H,2,7-11H2,1H3,(H2,17,21). The summed E-state index contributed by atoms with van der Waals surface area (Å²) in [5, 5.41) is 10.1. The van der Waals surface area contributed by atoms with E-state index in [4.69, 9.17) is 22.7 Å². The Bertz CT molecular complexity index is 481. The first-order valence-electron chi connectivity index (χ1n) is 7.52. The summed E-state index contributed by atoms with van der Waals surface area (Å²) < 4.78 is 5.68. The molecule has 0 aliphatic carbocycles. The SMILES string of the molecule is CCC1CCN(CC(O)COc2ccccc2C(N)=S)C1. The van der Waals surface area contributed by atoms with Crippen LogP contribution in [0.5, 0.6) is 5.75 Å². The Hall–Kier alpha value is -1.17. The highest BCUT2D eigenvalue weighted by molar-refractivity contribution is 7.80. The number of aliphatic hydroxyl groups excluding tert-OH is 1. The molecule has 1 heterocycles. The van der Waals surface area contributed by atoms with Crippen molar-refractivity contribution in [2.45, 2.75) is 25.9 Å². The van der Waals surface area contributed by atoms with E-state index in [0.717, 1.165) is 19.0 Å². The molecule has 0 aromatic heterocycles. The molecule has 4 nitrogen and oxygen atoms in total. The smallest absolute Gasteiger partial charge is 0.129 e. The van der Waals surface area contributed by atoms with Crippen LogP contribution in [-0.4, -0.2) is 47.3 Å². The Balaban J connectivity index is 1.82. The van der Waals surface area contributed by atoms with Crippen molar-refractivity contribution < 1.29 is 9.84 Å². The summed E-state index contributed by atoms with van der Waals surface area (Å²) in [6, 6.07) is 7.39. The minimum absolute atomic E-state index is 0.257. The molecule has 0 amide bonds. The molecule has 0 bridgehead atoms. The van der Waals surface area contributed by atoms with Crippen LogP contribution in [0.25, 0.3) is 0 Å². The number of likely N-dealkylation sites (tertiary alicyclic amines) is 1. The first-order valence-corrected chi connectivity index (χ1v) is 7.93. The van der Waals surface area contributed by atoms with Crippen molar-refractivity contribution in [2.75, 3.05) is 26.2 Å². The quantitative estimate of drug-likeness (QED) is 0.752. The van der Waals surface area contributed by atoms with Crippen molar-refractivity contribution >= 4 is 17.2 Å². The summed E-state index contributed by atoms with van der Waals surface area (Å²) in [4.78, 5) is 2.62. The number of rotatable bonds is 7. The third kappa shape index (κ3) is 4.66. The van der Waals surface area contributed by atoms with E-state index >= 15 is 0 Å². The molecule has 1 fully saturated rings. The molecule has 1 saturated heterocycles. The van der Waals surface area contributed by atoms with Gasteiger partial charge >= 0.3 is 0 Å². The monoisotopic (exact) mass is 308 g/mol. The Morgan fingerprint density at radius 1 is 1.52 bits per heavy atom. The van der Waals surface area contributed by atoms with E-state index in [9.17, 15) is 5.11 Å². The molecular formula is C16H24N2O2S. The van der Waals surface area contributed by atoms with Gasteiger partial charge in [0.05, 0.1) is 5.56 Å².